The number of nitrogens with one attached hydrogen (secondary N) is 2. The lowest BCUT2D eigenvalue weighted by Gasteiger charge is -2.28. The van der Waals surface area contributed by atoms with Gasteiger partial charge in [0, 0.05) is 19.6 Å². The number of hydrazone groups is 1. The quantitative estimate of drug-likeness (QED) is 0.296. The summed E-state index contributed by atoms with van der Waals surface area (Å²) in [5, 5.41) is 29.7. The number of phenols is 1. The second-order valence-corrected chi connectivity index (χ2v) is 10.3. The molecule has 11 heteroatoms. The van der Waals surface area contributed by atoms with Crippen molar-refractivity contribution in [2.24, 2.45) is 5.10 Å². The topological polar surface area (TPSA) is 146 Å². The number of Topliss-reactive ketones (excluding diaryl/α,β-unsaturated/α-hetero) is 1. The van der Waals surface area contributed by atoms with Crippen molar-refractivity contribution in [3.05, 3.63) is 64.5 Å². The van der Waals surface area contributed by atoms with Crippen LogP contribution < -0.4 is 5.43 Å². The van der Waals surface area contributed by atoms with Crippen LogP contribution >= 0.6 is 0 Å². The van der Waals surface area contributed by atoms with Crippen molar-refractivity contribution >= 4 is 23.1 Å². The van der Waals surface area contributed by atoms with Crippen molar-refractivity contribution in [1.29, 1.82) is 0 Å². The van der Waals surface area contributed by atoms with Crippen molar-refractivity contribution < 1.29 is 19.4 Å². The molecule has 0 radical (unpaired) electrons. The summed E-state index contributed by atoms with van der Waals surface area (Å²) in [5.41, 5.74) is 6.60. The van der Waals surface area contributed by atoms with Gasteiger partial charge in [0.25, 0.3) is 5.91 Å². The molecular weight excluding hydrogens is 498 g/mol. The Hall–Kier alpha value is -4.12. The van der Waals surface area contributed by atoms with Crippen LogP contribution in [0.3, 0.4) is 0 Å². The third kappa shape index (κ3) is 5.26. The SMILES string of the molecule is COCCN1C(=O)/C(=N\Nc2cccc(C3CCCC(c4nnn[nH]4)C3)c2O)C(=O)C1c1ccc(C)c(C)c1. The Bertz CT molecular complexity index is 1390. The molecule has 204 valence electrons. The van der Waals surface area contributed by atoms with E-state index in [9.17, 15) is 14.7 Å². The van der Waals surface area contributed by atoms with Crippen LogP contribution in [-0.2, 0) is 14.3 Å². The fraction of sp³-hybridized carbons (Fsp3) is 0.429. The van der Waals surface area contributed by atoms with Crippen molar-refractivity contribution in [3.8, 4) is 5.75 Å². The predicted octanol–water partition coefficient (Wildman–Crippen LogP) is 3.53. The first kappa shape index (κ1) is 26.5. The molecule has 3 atom stereocenters. The van der Waals surface area contributed by atoms with E-state index in [4.69, 9.17) is 4.74 Å². The van der Waals surface area contributed by atoms with E-state index in [0.717, 1.165) is 53.8 Å². The molecular formula is C28H33N7O4. The molecule has 1 aliphatic carbocycles. The number of rotatable bonds is 8. The smallest absolute Gasteiger partial charge is 0.279 e. The lowest BCUT2D eigenvalue weighted by atomic mass is 9.77. The van der Waals surface area contributed by atoms with Gasteiger partial charge in [-0.05, 0) is 77.8 Å². The summed E-state index contributed by atoms with van der Waals surface area (Å²) in [5.74, 6) is 0.246. The second-order valence-electron chi connectivity index (χ2n) is 10.3. The summed E-state index contributed by atoms with van der Waals surface area (Å²) < 4.78 is 5.19. The molecule has 1 saturated carbocycles. The van der Waals surface area contributed by atoms with E-state index in [2.05, 4.69) is 31.2 Å². The number of aromatic nitrogens is 4. The molecule has 39 heavy (non-hydrogen) atoms. The van der Waals surface area contributed by atoms with E-state index in [1.165, 1.54) is 4.90 Å². The standard InChI is InChI=1S/C28H33N7O4/c1-16-10-11-19(14-17(16)2)24-26(37)23(28(38)35(24)12-13-39-3)30-29-22-9-5-8-21(25(22)36)18-6-4-7-20(15-18)27-31-33-34-32-27/h5,8-11,14,18,20,24,29,36H,4,6-7,12-13,15H2,1-3H3,(H,31,32,33,34)/b30-23-. The number of ether oxygens (including phenoxy) is 1. The van der Waals surface area contributed by atoms with Crippen molar-refractivity contribution in [3.63, 3.8) is 0 Å². The summed E-state index contributed by atoms with van der Waals surface area (Å²) in [7, 11) is 1.55. The molecule has 11 nitrogen and oxygen atoms in total. The monoisotopic (exact) mass is 531 g/mol. The molecule has 2 heterocycles. The van der Waals surface area contributed by atoms with Gasteiger partial charge in [-0.2, -0.15) is 5.10 Å². The molecule has 3 aromatic rings. The second kappa shape index (κ2) is 11.3. The van der Waals surface area contributed by atoms with Crippen LogP contribution in [0, 0.1) is 13.8 Å². The number of ketones is 1. The maximum atomic E-state index is 13.5. The lowest BCUT2D eigenvalue weighted by molar-refractivity contribution is -0.127. The van der Waals surface area contributed by atoms with E-state index in [1.54, 1.807) is 13.2 Å². The van der Waals surface area contributed by atoms with Gasteiger partial charge in [-0.3, -0.25) is 15.0 Å². The van der Waals surface area contributed by atoms with Crippen LogP contribution in [0.2, 0.25) is 0 Å². The maximum Gasteiger partial charge on any atom is 0.279 e. The number of carbonyl (C=O) groups excluding carboxylic acids is 2. The molecule has 2 aromatic carbocycles. The number of tetrazole rings is 1. The number of carbonyl (C=O) groups is 2. The van der Waals surface area contributed by atoms with Gasteiger partial charge in [-0.1, -0.05) is 36.8 Å². The first-order chi connectivity index (χ1) is 18.9. The van der Waals surface area contributed by atoms with Crippen molar-refractivity contribution in [1.82, 2.24) is 25.5 Å². The largest absolute Gasteiger partial charge is 0.505 e. The Morgan fingerprint density at radius 1 is 1.15 bits per heavy atom. The third-order valence-corrected chi connectivity index (χ3v) is 7.86. The molecule has 3 N–H and O–H groups in total. The zero-order chi connectivity index (χ0) is 27.5. The molecule has 1 saturated heterocycles. The highest BCUT2D eigenvalue weighted by atomic mass is 16.5. The fourth-order valence-corrected chi connectivity index (χ4v) is 5.58. The van der Waals surface area contributed by atoms with Crippen LogP contribution in [-0.4, -0.2) is 68.3 Å². The van der Waals surface area contributed by atoms with E-state index in [-0.39, 0.29) is 36.4 Å². The Morgan fingerprint density at radius 3 is 2.72 bits per heavy atom. The van der Waals surface area contributed by atoms with Gasteiger partial charge < -0.3 is 14.7 Å². The van der Waals surface area contributed by atoms with Crippen molar-refractivity contribution in [2.75, 3.05) is 25.7 Å². The van der Waals surface area contributed by atoms with E-state index in [0.29, 0.717) is 5.69 Å². The molecule has 0 bridgehead atoms. The van der Waals surface area contributed by atoms with Crippen molar-refractivity contribution in [2.45, 2.75) is 57.4 Å². The van der Waals surface area contributed by atoms with Crippen LogP contribution in [0.15, 0.2) is 41.5 Å². The minimum atomic E-state index is -0.780. The number of phenolic OH excluding ortho intramolecular Hbond substituents is 1. The van der Waals surface area contributed by atoms with E-state index < -0.39 is 17.7 Å². The van der Waals surface area contributed by atoms with Gasteiger partial charge in [0.15, 0.2) is 11.5 Å². The highest BCUT2D eigenvalue weighted by Gasteiger charge is 2.45. The number of hydrogen-bond acceptors (Lipinski definition) is 9. The first-order valence-corrected chi connectivity index (χ1v) is 13.2. The Kier molecular flexibility index (Phi) is 7.69. The normalized spacial score (nSPS) is 22.6. The van der Waals surface area contributed by atoms with Gasteiger partial charge in [0.2, 0.25) is 5.78 Å². The molecule has 5 rings (SSSR count). The lowest BCUT2D eigenvalue weighted by Crippen LogP contribution is -2.33. The minimum absolute atomic E-state index is 0.0584. The fourth-order valence-electron chi connectivity index (χ4n) is 5.58. The number of methoxy groups -OCH3 is 1. The minimum Gasteiger partial charge on any atom is -0.505 e. The highest BCUT2D eigenvalue weighted by Crippen LogP contribution is 2.44. The predicted molar refractivity (Wildman–Crippen MR) is 145 cm³/mol. The molecule has 2 fully saturated rings. The number of aromatic hydroxyl groups is 1. The number of likely N-dealkylation sites (tertiary alicyclic amines) is 1. The number of hydrogen-bond donors (Lipinski definition) is 3. The number of para-hydroxylation sites is 1. The zero-order valence-corrected chi connectivity index (χ0v) is 22.3. The molecule has 1 aromatic heterocycles. The first-order valence-electron chi connectivity index (χ1n) is 13.2. The van der Waals surface area contributed by atoms with E-state index in [1.807, 2.05) is 44.2 Å². The van der Waals surface area contributed by atoms with Gasteiger partial charge in [0.05, 0.1) is 12.3 Å². The third-order valence-electron chi connectivity index (χ3n) is 7.86. The summed E-state index contributed by atoms with van der Waals surface area (Å²) in [4.78, 5) is 28.3. The van der Waals surface area contributed by atoms with E-state index >= 15 is 0 Å². The molecule has 0 spiro atoms. The molecule has 2 aliphatic rings. The summed E-state index contributed by atoms with van der Waals surface area (Å²) in [6, 6.07) is 10.4. The average Bonchev–Trinajstić information content (AvgIpc) is 3.56. The maximum absolute atomic E-state index is 13.5. The average molecular weight is 532 g/mol. The zero-order valence-electron chi connectivity index (χ0n) is 22.3. The number of aromatic amines is 1. The summed E-state index contributed by atoms with van der Waals surface area (Å²) >= 11 is 0. The Balaban J connectivity index is 1.39. The van der Waals surface area contributed by atoms with Gasteiger partial charge in [-0.25, -0.2) is 5.10 Å². The Labute approximate surface area is 226 Å². The molecule has 3 unspecified atom stereocenters. The van der Waals surface area contributed by atoms with Crippen LogP contribution in [0.4, 0.5) is 5.69 Å². The summed E-state index contributed by atoms with van der Waals surface area (Å²) in [6.07, 6.45) is 3.68. The molecule has 1 aliphatic heterocycles. The van der Waals surface area contributed by atoms with Gasteiger partial charge in [-0.15, -0.1) is 5.10 Å². The number of nitrogens with zero attached hydrogens (tertiary/aromatic N) is 5. The van der Waals surface area contributed by atoms with Crippen LogP contribution in [0.1, 0.15) is 71.6 Å². The van der Waals surface area contributed by atoms with Crippen LogP contribution in [0.5, 0.6) is 5.75 Å². The number of H-pyrrole nitrogens is 1. The van der Waals surface area contributed by atoms with Gasteiger partial charge in [0.1, 0.15) is 11.8 Å². The number of benzene rings is 2. The highest BCUT2D eigenvalue weighted by molar-refractivity contribution is 6.69. The summed E-state index contributed by atoms with van der Waals surface area (Å²) in [6.45, 7) is 4.51. The number of anilines is 1. The molecule has 1 amide bonds. The van der Waals surface area contributed by atoms with Gasteiger partial charge >= 0.3 is 0 Å². The Morgan fingerprint density at radius 2 is 1.97 bits per heavy atom. The van der Waals surface area contributed by atoms with Crippen LogP contribution in [0.25, 0.3) is 0 Å². The number of amides is 1. The number of aryl methyl sites for hydroxylation is 2.